The van der Waals surface area contributed by atoms with Gasteiger partial charge in [0.25, 0.3) is 0 Å². The van der Waals surface area contributed by atoms with E-state index in [1.807, 2.05) is 23.9 Å². The Morgan fingerprint density at radius 3 is 2.38 bits per heavy atom. The highest BCUT2D eigenvalue weighted by Crippen LogP contribution is 2.36. The standard InChI is InChI=1S/C14H27N3O4S.C2HF3O2/c1-16(2)10-13(18)17-8-7-14(11-17)6-4-5-12(21-14)9-15-22(3,19)20;3-2(4,5)1(6)7/h12,15H,4-11H2,1-3H3;(H,6,7)/t12-,14+;/m0./s1. The lowest BCUT2D eigenvalue weighted by atomic mass is 9.90. The first-order chi connectivity index (χ1) is 13.1. The lowest BCUT2D eigenvalue weighted by Gasteiger charge is -2.38. The third-order valence-electron chi connectivity index (χ3n) is 4.51. The van der Waals surface area contributed by atoms with Gasteiger partial charge in [-0.2, -0.15) is 13.2 Å². The number of nitrogens with one attached hydrogen (secondary N) is 1. The summed E-state index contributed by atoms with van der Waals surface area (Å²) < 4.78 is 62.8. The normalized spacial score (nSPS) is 25.1. The van der Waals surface area contributed by atoms with E-state index < -0.39 is 22.2 Å². The highest BCUT2D eigenvalue weighted by molar-refractivity contribution is 7.88. The van der Waals surface area contributed by atoms with E-state index >= 15 is 0 Å². The summed E-state index contributed by atoms with van der Waals surface area (Å²) in [5.74, 6) is -2.63. The molecular weight excluding hydrogens is 419 g/mol. The Bertz CT molecular complexity index is 686. The number of likely N-dealkylation sites (N-methyl/N-ethyl adjacent to an activating group) is 1. The molecule has 0 aromatic rings. The second-order valence-electron chi connectivity index (χ2n) is 7.54. The largest absolute Gasteiger partial charge is 0.490 e. The van der Waals surface area contributed by atoms with E-state index in [1.165, 1.54) is 0 Å². The van der Waals surface area contributed by atoms with Gasteiger partial charge in [0.05, 0.1) is 24.5 Å². The van der Waals surface area contributed by atoms with Gasteiger partial charge in [0.2, 0.25) is 15.9 Å². The lowest BCUT2D eigenvalue weighted by molar-refractivity contribution is -0.192. The Kier molecular flexibility index (Phi) is 8.87. The summed E-state index contributed by atoms with van der Waals surface area (Å²) in [5, 5.41) is 7.12. The summed E-state index contributed by atoms with van der Waals surface area (Å²) in [6, 6.07) is 0. The molecule has 0 saturated carbocycles. The molecule has 2 rings (SSSR count). The summed E-state index contributed by atoms with van der Waals surface area (Å²) in [5.41, 5.74) is -0.288. The van der Waals surface area contributed by atoms with Gasteiger partial charge in [0.1, 0.15) is 0 Å². The number of alkyl halides is 3. The van der Waals surface area contributed by atoms with Crippen LogP contribution in [-0.2, 0) is 24.3 Å². The number of nitrogens with zero attached hydrogens (tertiary/aromatic N) is 2. The lowest BCUT2D eigenvalue weighted by Crippen LogP contribution is -2.47. The molecule has 170 valence electrons. The molecule has 1 spiro atoms. The number of halogens is 3. The number of carboxylic acids is 1. The summed E-state index contributed by atoms with van der Waals surface area (Å²) in [6.45, 7) is 2.06. The molecule has 2 fully saturated rings. The number of rotatable bonds is 5. The highest BCUT2D eigenvalue weighted by atomic mass is 32.2. The van der Waals surface area contributed by atoms with Gasteiger partial charge in [0.15, 0.2) is 0 Å². The van der Waals surface area contributed by atoms with Gasteiger partial charge >= 0.3 is 12.1 Å². The minimum atomic E-state index is -5.08. The predicted octanol–water partition coefficient (Wildman–Crippen LogP) is 0.271. The van der Waals surface area contributed by atoms with E-state index in [9.17, 15) is 26.4 Å². The highest BCUT2D eigenvalue weighted by Gasteiger charge is 2.44. The number of likely N-dealkylation sites (tertiary alicyclic amines) is 1. The van der Waals surface area contributed by atoms with Crippen molar-refractivity contribution < 1.29 is 41.0 Å². The Morgan fingerprint density at radius 2 is 1.90 bits per heavy atom. The van der Waals surface area contributed by atoms with Crippen molar-refractivity contribution in [2.75, 3.05) is 46.5 Å². The van der Waals surface area contributed by atoms with E-state index in [4.69, 9.17) is 14.6 Å². The quantitative estimate of drug-likeness (QED) is 0.622. The molecule has 2 heterocycles. The maximum atomic E-state index is 12.2. The molecule has 9 nitrogen and oxygen atoms in total. The summed E-state index contributed by atoms with van der Waals surface area (Å²) >= 11 is 0. The number of hydrogen-bond acceptors (Lipinski definition) is 6. The molecule has 0 aromatic carbocycles. The van der Waals surface area contributed by atoms with E-state index in [-0.39, 0.29) is 17.6 Å². The van der Waals surface area contributed by atoms with Gasteiger partial charge in [0, 0.05) is 19.6 Å². The van der Waals surface area contributed by atoms with E-state index in [0.29, 0.717) is 19.6 Å². The second kappa shape index (κ2) is 10.0. The molecule has 0 unspecified atom stereocenters. The zero-order chi connectivity index (χ0) is 22.5. The molecule has 0 aromatic heterocycles. The first-order valence-corrected chi connectivity index (χ1v) is 10.9. The summed E-state index contributed by atoms with van der Waals surface area (Å²) in [7, 11) is 0.569. The number of carbonyl (C=O) groups excluding carboxylic acids is 1. The topological polar surface area (TPSA) is 116 Å². The number of sulfonamides is 1. The molecule has 0 radical (unpaired) electrons. The Morgan fingerprint density at radius 1 is 1.31 bits per heavy atom. The molecular formula is C16H28F3N3O6S. The zero-order valence-corrected chi connectivity index (χ0v) is 17.5. The maximum absolute atomic E-state index is 12.2. The number of ether oxygens (including phenoxy) is 1. The summed E-state index contributed by atoms with van der Waals surface area (Å²) in [4.78, 5) is 24.8. The molecule has 2 aliphatic rings. The van der Waals surface area contributed by atoms with Crippen molar-refractivity contribution in [3.63, 3.8) is 0 Å². The third-order valence-corrected chi connectivity index (χ3v) is 5.20. The number of carboxylic acid groups (broad SMARTS) is 1. The second-order valence-corrected chi connectivity index (χ2v) is 9.37. The van der Waals surface area contributed by atoms with Crippen LogP contribution in [0.2, 0.25) is 0 Å². The van der Waals surface area contributed by atoms with Gasteiger partial charge in [-0.1, -0.05) is 0 Å². The minimum absolute atomic E-state index is 0.104. The van der Waals surface area contributed by atoms with Crippen LogP contribution in [0.4, 0.5) is 13.2 Å². The molecule has 2 saturated heterocycles. The van der Waals surface area contributed by atoms with Crippen LogP contribution in [0.5, 0.6) is 0 Å². The van der Waals surface area contributed by atoms with Crippen LogP contribution >= 0.6 is 0 Å². The number of amides is 1. The smallest absolute Gasteiger partial charge is 0.475 e. The van der Waals surface area contributed by atoms with Gasteiger partial charge in [-0.25, -0.2) is 17.9 Å². The number of aliphatic carboxylic acids is 1. The molecule has 0 aliphatic carbocycles. The van der Waals surface area contributed by atoms with E-state index in [0.717, 1.165) is 38.5 Å². The van der Waals surface area contributed by atoms with Crippen molar-refractivity contribution in [3.05, 3.63) is 0 Å². The summed E-state index contributed by atoms with van der Waals surface area (Å²) in [6.07, 6.45) is -0.396. The van der Waals surface area contributed by atoms with E-state index in [2.05, 4.69) is 4.72 Å². The van der Waals surface area contributed by atoms with Crippen molar-refractivity contribution >= 4 is 21.9 Å². The predicted molar refractivity (Wildman–Crippen MR) is 97.7 cm³/mol. The minimum Gasteiger partial charge on any atom is -0.475 e. The number of hydrogen-bond donors (Lipinski definition) is 2. The molecule has 0 bridgehead atoms. The van der Waals surface area contributed by atoms with Crippen LogP contribution < -0.4 is 4.72 Å². The Hall–Kier alpha value is -1.44. The van der Waals surface area contributed by atoms with E-state index in [1.54, 1.807) is 0 Å². The molecule has 13 heteroatoms. The SMILES string of the molecule is CN(C)CC(=O)N1CC[C@]2(CCC[C@@H](CNS(C)(=O)=O)O2)C1.O=C(O)C(F)(F)F. The first-order valence-electron chi connectivity index (χ1n) is 8.99. The average Bonchev–Trinajstić information content (AvgIpc) is 2.95. The van der Waals surface area contributed by atoms with Crippen molar-refractivity contribution in [3.8, 4) is 0 Å². The molecule has 29 heavy (non-hydrogen) atoms. The van der Waals surface area contributed by atoms with Gasteiger partial charge in [-0.15, -0.1) is 0 Å². The van der Waals surface area contributed by atoms with Crippen LogP contribution in [0.3, 0.4) is 0 Å². The Labute approximate surface area is 168 Å². The zero-order valence-electron chi connectivity index (χ0n) is 16.7. The fourth-order valence-electron chi connectivity index (χ4n) is 3.24. The molecule has 2 N–H and O–H groups in total. The average molecular weight is 447 g/mol. The van der Waals surface area contributed by atoms with Crippen LogP contribution in [-0.4, -0.2) is 99.6 Å². The van der Waals surface area contributed by atoms with Crippen molar-refractivity contribution in [1.29, 1.82) is 0 Å². The monoisotopic (exact) mass is 447 g/mol. The first kappa shape index (κ1) is 25.6. The van der Waals surface area contributed by atoms with Crippen molar-refractivity contribution in [2.24, 2.45) is 0 Å². The van der Waals surface area contributed by atoms with Crippen molar-refractivity contribution in [2.45, 2.75) is 43.6 Å². The fraction of sp³-hybridized carbons (Fsp3) is 0.875. The molecule has 2 aliphatic heterocycles. The van der Waals surface area contributed by atoms with Crippen LogP contribution in [0, 0.1) is 0 Å². The van der Waals surface area contributed by atoms with Crippen molar-refractivity contribution in [1.82, 2.24) is 14.5 Å². The fourth-order valence-corrected chi connectivity index (χ4v) is 3.73. The van der Waals surface area contributed by atoms with Gasteiger partial charge < -0.3 is 19.6 Å². The Balaban J connectivity index is 0.000000516. The van der Waals surface area contributed by atoms with Crippen LogP contribution in [0.15, 0.2) is 0 Å². The molecule has 1 amide bonds. The van der Waals surface area contributed by atoms with Crippen LogP contribution in [0.25, 0.3) is 0 Å². The number of carbonyl (C=O) groups is 2. The van der Waals surface area contributed by atoms with Crippen LogP contribution in [0.1, 0.15) is 25.7 Å². The third kappa shape index (κ3) is 9.28. The van der Waals surface area contributed by atoms with Gasteiger partial charge in [-0.3, -0.25) is 4.79 Å². The molecule has 2 atom stereocenters. The maximum Gasteiger partial charge on any atom is 0.490 e. The van der Waals surface area contributed by atoms with Gasteiger partial charge in [-0.05, 0) is 39.8 Å².